The molecule has 0 aromatic carbocycles. The highest BCUT2D eigenvalue weighted by molar-refractivity contribution is 7.89. The molecule has 0 radical (unpaired) electrons. The lowest BCUT2D eigenvalue weighted by Crippen LogP contribution is -2.50. The van der Waals surface area contributed by atoms with Crippen LogP contribution in [0, 0.1) is 5.92 Å². The average Bonchev–Trinajstić information content (AvgIpc) is 2.33. The van der Waals surface area contributed by atoms with Gasteiger partial charge in [0, 0.05) is 19.1 Å². The van der Waals surface area contributed by atoms with Gasteiger partial charge in [0.05, 0.1) is 11.7 Å². The van der Waals surface area contributed by atoms with Crippen LogP contribution in [0.3, 0.4) is 0 Å². The van der Waals surface area contributed by atoms with Gasteiger partial charge in [-0.25, -0.2) is 18.4 Å². The Bertz CT molecular complexity index is 465. The fourth-order valence-corrected chi connectivity index (χ4v) is 2.82. The molecule has 1 aliphatic rings. The lowest BCUT2D eigenvalue weighted by molar-refractivity contribution is -0.143. The number of hydrogen-bond acceptors (Lipinski definition) is 4. The SMILES string of the molecule is CC1CC(C(=O)O)CCN1C(=O)NCCCS(N)(=O)=O. The van der Waals surface area contributed by atoms with E-state index in [1.165, 1.54) is 0 Å². The summed E-state index contributed by atoms with van der Waals surface area (Å²) in [5, 5.41) is 16.4. The molecule has 9 heteroatoms. The highest BCUT2D eigenvalue weighted by atomic mass is 32.2. The highest BCUT2D eigenvalue weighted by Gasteiger charge is 2.31. The van der Waals surface area contributed by atoms with E-state index in [9.17, 15) is 18.0 Å². The van der Waals surface area contributed by atoms with Crippen LogP contribution in [0.15, 0.2) is 0 Å². The highest BCUT2D eigenvalue weighted by Crippen LogP contribution is 2.22. The molecular weight excluding hydrogens is 286 g/mol. The van der Waals surface area contributed by atoms with Crippen molar-refractivity contribution in [3.05, 3.63) is 0 Å². The summed E-state index contributed by atoms with van der Waals surface area (Å²) in [5.74, 6) is -1.41. The van der Waals surface area contributed by atoms with Crippen LogP contribution in [0.4, 0.5) is 4.79 Å². The van der Waals surface area contributed by atoms with Gasteiger partial charge in [-0.2, -0.15) is 0 Å². The molecule has 0 saturated carbocycles. The third-order valence-electron chi connectivity index (χ3n) is 3.37. The van der Waals surface area contributed by atoms with E-state index >= 15 is 0 Å². The molecule has 1 fully saturated rings. The minimum atomic E-state index is -3.50. The maximum Gasteiger partial charge on any atom is 0.317 e. The number of urea groups is 1. The minimum Gasteiger partial charge on any atom is -0.481 e. The zero-order chi connectivity index (χ0) is 15.3. The Morgan fingerprint density at radius 2 is 2.10 bits per heavy atom. The van der Waals surface area contributed by atoms with Crippen molar-refractivity contribution in [3.63, 3.8) is 0 Å². The number of likely N-dealkylation sites (tertiary alicyclic amines) is 1. The van der Waals surface area contributed by atoms with Gasteiger partial charge in [-0.15, -0.1) is 0 Å². The molecular formula is C11H21N3O5S. The van der Waals surface area contributed by atoms with Crippen LogP contribution in [0.1, 0.15) is 26.2 Å². The predicted molar refractivity (Wildman–Crippen MR) is 72.5 cm³/mol. The number of aliphatic carboxylic acids is 1. The van der Waals surface area contributed by atoms with Crippen LogP contribution in [0.5, 0.6) is 0 Å². The van der Waals surface area contributed by atoms with E-state index in [4.69, 9.17) is 10.2 Å². The first-order valence-electron chi connectivity index (χ1n) is 6.48. The molecule has 0 bridgehead atoms. The second-order valence-corrected chi connectivity index (χ2v) is 6.79. The van der Waals surface area contributed by atoms with E-state index in [2.05, 4.69) is 5.32 Å². The Morgan fingerprint density at radius 1 is 1.45 bits per heavy atom. The van der Waals surface area contributed by atoms with Gasteiger partial charge < -0.3 is 15.3 Å². The van der Waals surface area contributed by atoms with Crippen molar-refractivity contribution in [2.75, 3.05) is 18.8 Å². The van der Waals surface area contributed by atoms with Crippen LogP contribution in [0.2, 0.25) is 0 Å². The topological polar surface area (TPSA) is 130 Å². The summed E-state index contributed by atoms with van der Waals surface area (Å²) in [5.41, 5.74) is 0. The summed E-state index contributed by atoms with van der Waals surface area (Å²) in [6, 6.07) is -0.446. The Balaban J connectivity index is 2.35. The molecule has 4 N–H and O–H groups in total. The molecule has 1 heterocycles. The van der Waals surface area contributed by atoms with Gasteiger partial charge in [0.15, 0.2) is 0 Å². The summed E-state index contributed by atoms with van der Waals surface area (Å²) < 4.78 is 21.5. The van der Waals surface area contributed by atoms with Crippen molar-refractivity contribution in [2.45, 2.75) is 32.2 Å². The zero-order valence-corrected chi connectivity index (χ0v) is 12.2. The van der Waals surface area contributed by atoms with Crippen molar-refractivity contribution in [1.82, 2.24) is 10.2 Å². The average molecular weight is 307 g/mol. The Morgan fingerprint density at radius 3 is 2.60 bits per heavy atom. The Labute approximate surface area is 118 Å². The van der Waals surface area contributed by atoms with E-state index in [1.54, 1.807) is 11.8 Å². The van der Waals surface area contributed by atoms with E-state index in [1.807, 2.05) is 0 Å². The number of nitrogens with zero attached hydrogens (tertiary/aromatic N) is 1. The lowest BCUT2D eigenvalue weighted by Gasteiger charge is -2.36. The van der Waals surface area contributed by atoms with Gasteiger partial charge in [0.25, 0.3) is 0 Å². The monoisotopic (exact) mass is 307 g/mol. The maximum atomic E-state index is 11.9. The number of carboxylic acids is 1. The largest absolute Gasteiger partial charge is 0.481 e. The molecule has 0 aromatic heterocycles. The van der Waals surface area contributed by atoms with Crippen LogP contribution in [-0.2, 0) is 14.8 Å². The standard InChI is InChI=1S/C11H21N3O5S/c1-8-7-9(10(15)16)3-5-14(8)11(17)13-4-2-6-20(12,18)19/h8-9H,2-7H2,1H3,(H,13,17)(H,15,16)(H2,12,18,19). The molecule has 1 saturated heterocycles. The second-order valence-electron chi connectivity index (χ2n) is 5.05. The van der Waals surface area contributed by atoms with Crippen LogP contribution < -0.4 is 10.5 Å². The molecule has 20 heavy (non-hydrogen) atoms. The number of hydrogen-bond donors (Lipinski definition) is 3. The third kappa shape index (κ3) is 5.33. The quantitative estimate of drug-likeness (QED) is 0.593. The number of amides is 2. The number of carbonyl (C=O) groups excluding carboxylic acids is 1. The Hall–Kier alpha value is -1.35. The van der Waals surface area contributed by atoms with Crippen LogP contribution in [0.25, 0.3) is 0 Å². The first kappa shape index (κ1) is 16.7. The van der Waals surface area contributed by atoms with Crippen molar-refractivity contribution in [3.8, 4) is 0 Å². The number of primary sulfonamides is 1. The molecule has 0 spiro atoms. The van der Waals surface area contributed by atoms with Gasteiger partial charge in [0.1, 0.15) is 0 Å². The van der Waals surface area contributed by atoms with E-state index in [-0.39, 0.29) is 30.8 Å². The normalized spacial score (nSPS) is 23.4. The smallest absolute Gasteiger partial charge is 0.317 e. The molecule has 116 valence electrons. The fraction of sp³-hybridized carbons (Fsp3) is 0.818. The number of carbonyl (C=O) groups is 2. The first-order chi connectivity index (χ1) is 9.20. The van der Waals surface area contributed by atoms with Crippen molar-refractivity contribution >= 4 is 22.0 Å². The van der Waals surface area contributed by atoms with Crippen LogP contribution in [-0.4, -0.2) is 55.3 Å². The molecule has 2 amide bonds. The summed E-state index contributed by atoms with van der Waals surface area (Å²) in [4.78, 5) is 24.4. The minimum absolute atomic E-state index is 0.150. The van der Waals surface area contributed by atoms with Gasteiger partial charge in [-0.05, 0) is 26.2 Å². The molecule has 2 atom stereocenters. The van der Waals surface area contributed by atoms with Crippen molar-refractivity contribution in [2.24, 2.45) is 11.1 Å². The summed E-state index contributed by atoms with van der Waals surface area (Å²) >= 11 is 0. The van der Waals surface area contributed by atoms with E-state index in [0.29, 0.717) is 19.4 Å². The molecule has 1 aliphatic heterocycles. The summed E-state index contributed by atoms with van der Waals surface area (Å²) in [6.45, 7) is 2.42. The van der Waals surface area contributed by atoms with Gasteiger partial charge in [0.2, 0.25) is 10.0 Å². The Kier molecular flexibility index (Phi) is 5.75. The number of nitrogens with two attached hydrogens (primary N) is 1. The van der Waals surface area contributed by atoms with Crippen molar-refractivity contribution < 1.29 is 23.1 Å². The predicted octanol–water partition coefficient (Wildman–Crippen LogP) is -0.440. The van der Waals surface area contributed by atoms with Gasteiger partial charge >= 0.3 is 12.0 Å². The summed E-state index contributed by atoms with van der Waals surface area (Å²) in [6.07, 6.45) is 1.12. The van der Waals surface area contributed by atoms with E-state index < -0.39 is 21.9 Å². The molecule has 0 aromatic rings. The first-order valence-corrected chi connectivity index (χ1v) is 8.20. The summed E-state index contributed by atoms with van der Waals surface area (Å²) in [7, 11) is -3.50. The van der Waals surface area contributed by atoms with Gasteiger partial charge in [-0.1, -0.05) is 0 Å². The van der Waals surface area contributed by atoms with Crippen molar-refractivity contribution in [1.29, 1.82) is 0 Å². The fourth-order valence-electron chi connectivity index (χ4n) is 2.27. The molecule has 1 rings (SSSR count). The number of carboxylic acid groups (broad SMARTS) is 1. The number of sulfonamides is 1. The lowest BCUT2D eigenvalue weighted by atomic mass is 9.92. The molecule has 8 nitrogen and oxygen atoms in total. The van der Waals surface area contributed by atoms with Crippen LogP contribution >= 0.6 is 0 Å². The third-order valence-corrected chi connectivity index (χ3v) is 4.23. The van der Waals surface area contributed by atoms with E-state index in [0.717, 1.165) is 0 Å². The molecule has 2 unspecified atom stereocenters. The number of nitrogens with one attached hydrogen (secondary N) is 1. The van der Waals surface area contributed by atoms with Gasteiger partial charge in [-0.3, -0.25) is 4.79 Å². The molecule has 0 aliphatic carbocycles. The number of piperidine rings is 1. The second kappa shape index (κ2) is 6.89. The zero-order valence-electron chi connectivity index (χ0n) is 11.4. The number of rotatable bonds is 5. The maximum absolute atomic E-state index is 11.9.